The van der Waals surface area contributed by atoms with Gasteiger partial charge in [0.15, 0.2) is 0 Å². The van der Waals surface area contributed by atoms with Gasteiger partial charge in [-0.2, -0.15) is 0 Å². The van der Waals surface area contributed by atoms with Crippen molar-refractivity contribution in [3.63, 3.8) is 0 Å². The lowest BCUT2D eigenvalue weighted by molar-refractivity contribution is 0.0695. The Balaban J connectivity index is 3.21. The lowest BCUT2D eigenvalue weighted by Gasteiger charge is -2.10. The average molecular weight is 289 g/mol. The van der Waals surface area contributed by atoms with Crippen molar-refractivity contribution in [2.24, 2.45) is 0 Å². The van der Waals surface area contributed by atoms with Crippen molar-refractivity contribution in [2.75, 3.05) is 14.2 Å². The van der Waals surface area contributed by atoms with Gasteiger partial charge < -0.3 is 14.6 Å². The Bertz CT molecular complexity index is 390. The molecule has 0 saturated carbocycles. The summed E-state index contributed by atoms with van der Waals surface area (Å²) in [6, 6.07) is 3.46. The number of hydrogen-bond acceptors (Lipinski definition) is 3. The Labute approximate surface area is 102 Å². The van der Waals surface area contributed by atoms with E-state index in [1.807, 2.05) is 6.07 Å². The molecular formula is C11H13BrO4. The van der Waals surface area contributed by atoms with Gasteiger partial charge in [-0.3, -0.25) is 0 Å². The van der Waals surface area contributed by atoms with E-state index in [-0.39, 0.29) is 5.56 Å². The summed E-state index contributed by atoms with van der Waals surface area (Å²) in [5, 5.41) is 9.04. The van der Waals surface area contributed by atoms with Crippen LogP contribution in [-0.2, 0) is 22.7 Å². The normalized spacial score (nSPS) is 10.4. The van der Waals surface area contributed by atoms with Crippen LogP contribution in [0.1, 0.15) is 21.5 Å². The molecule has 1 aromatic rings. The molecule has 0 aliphatic rings. The molecule has 0 fully saturated rings. The number of rotatable bonds is 5. The maximum atomic E-state index is 11.0. The number of halogens is 1. The van der Waals surface area contributed by atoms with Gasteiger partial charge in [-0.1, -0.05) is 0 Å². The van der Waals surface area contributed by atoms with Crippen LogP contribution in [0.5, 0.6) is 0 Å². The molecular weight excluding hydrogens is 276 g/mol. The number of carboxylic acid groups (broad SMARTS) is 1. The fourth-order valence-electron chi connectivity index (χ4n) is 1.42. The second-order valence-corrected chi connectivity index (χ2v) is 4.08. The molecule has 0 bridgehead atoms. The van der Waals surface area contributed by atoms with Crippen molar-refractivity contribution in [1.29, 1.82) is 0 Å². The van der Waals surface area contributed by atoms with Crippen LogP contribution in [0, 0.1) is 0 Å². The smallest absolute Gasteiger partial charge is 0.336 e. The van der Waals surface area contributed by atoms with Crippen LogP contribution in [0.2, 0.25) is 0 Å². The van der Waals surface area contributed by atoms with Crippen molar-refractivity contribution >= 4 is 21.9 Å². The largest absolute Gasteiger partial charge is 0.478 e. The highest BCUT2D eigenvalue weighted by atomic mass is 79.9. The molecule has 16 heavy (non-hydrogen) atoms. The minimum absolute atomic E-state index is 0.224. The average Bonchev–Trinajstić information content (AvgIpc) is 2.23. The summed E-state index contributed by atoms with van der Waals surface area (Å²) in [4.78, 5) is 11.0. The Kier molecular flexibility index (Phi) is 4.92. The number of ether oxygens (including phenoxy) is 2. The van der Waals surface area contributed by atoms with Crippen molar-refractivity contribution in [3.05, 3.63) is 33.3 Å². The van der Waals surface area contributed by atoms with Crippen LogP contribution < -0.4 is 0 Å². The second kappa shape index (κ2) is 5.98. The van der Waals surface area contributed by atoms with Gasteiger partial charge in [0.25, 0.3) is 0 Å². The minimum atomic E-state index is -0.970. The summed E-state index contributed by atoms with van der Waals surface area (Å²) >= 11 is 3.27. The predicted molar refractivity (Wildman–Crippen MR) is 62.5 cm³/mol. The van der Waals surface area contributed by atoms with E-state index in [1.165, 1.54) is 0 Å². The topological polar surface area (TPSA) is 55.8 Å². The summed E-state index contributed by atoms with van der Waals surface area (Å²) in [5.41, 5.74) is 1.84. The van der Waals surface area contributed by atoms with Gasteiger partial charge >= 0.3 is 5.97 Å². The van der Waals surface area contributed by atoms with E-state index in [9.17, 15) is 4.79 Å². The molecule has 0 amide bonds. The molecule has 1 aromatic carbocycles. The predicted octanol–water partition coefficient (Wildman–Crippen LogP) is 2.44. The summed E-state index contributed by atoms with van der Waals surface area (Å²) < 4.78 is 10.6. The Morgan fingerprint density at radius 1 is 1.31 bits per heavy atom. The highest BCUT2D eigenvalue weighted by Crippen LogP contribution is 2.25. The molecule has 0 spiro atoms. The first-order valence-corrected chi connectivity index (χ1v) is 5.42. The fourth-order valence-corrected chi connectivity index (χ4v) is 1.93. The molecule has 5 heteroatoms. The standard InChI is InChI=1S/C11H13BrO4/c1-15-5-7-3-8(6-16-2)10(12)9(4-7)11(13)14/h3-4H,5-6H2,1-2H3,(H,13,14). The summed E-state index contributed by atoms with van der Waals surface area (Å²) in [6.07, 6.45) is 0. The van der Waals surface area contributed by atoms with Crippen LogP contribution in [0.25, 0.3) is 0 Å². The van der Waals surface area contributed by atoms with Crippen LogP contribution in [0.4, 0.5) is 0 Å². The molecule has 0 heterocycles. The Morgan fingerprint density at radius 2 is 1.94 bits per heavy atom. The zero-order chi connectivity index (χ0) is 12.1. The first-order valence-electron chi connectivity index (χ1n) is 4.62. The lowest BCUT2D eigenvalue weighted by atomic mass is 10.1. The molecule has 0 aliphatic carbocycles. The van der Waals surface area contributed by atoms with E-state index >= 15 is 0 Å². The molecule has 0 aliphatic heterocycles. The maximum absolute atomic E-state index is 11.0. The molecule has 88 valence electrons. The highest BCUT2D eigenvalue weighted by molar-refractivity contribution is 9.10. The first kappa shape index (κ1) is 13.2. The number of carbonyl (C=O) groups is 1. The minimum Gasteiger partial charge on any atom is -0.478 e. The lowest BCUT2D eigenvalue weighted by Crippen LogP contribution is -2.04. The van der Waals surface area contributed by atoms with Gasteiger partial charge in [0, 0.05) is 18.7 Å². The third kappa shape index (κ3) is 3.04. The van der Waals surface area contributed by atoms with E-state index in [0.717, 1.165) is 11.1 Å². The summed E-state index contributed by atoms with van der Waals surface area (Å²) in [7, 11) is 3.13. The number of methoxy groups -OCH3 is 2. The molecule has 1 rings (SSSR count). The van der Waals surface area contributed by atoms with Gasteiger partial charge in [-0.05, 0) is 39.2 Å². The molecule has 0 unspecified atom stereocenters. The van der Waals surface area contributed by atoms with Gasteiger partial charge in [0.2, 0.25) is 0 Å². The van der Waals surface area contributed by atoms with Crippen molar-refractivity contribution in [3.8, 4) is 0 Å². The van der Waals surface area contributed by atoms with Gasteiger partial charge in [0.05, 0.1) is 18.8 Å². The zero-order valence-corrected chi connectivity index (χ0v) is 10.7. The van der Waals surface area contributed by atoms with E-state index < -0.39 is 5.97 Å². The summed E-state index contributed by atoms with van der Waals surface area (Å²) in [5.74, 6) is -0.970. The number of hydrogen-bond donors (Lipinski definition) is 1. The van der Waals surface area contributed by atoms with Crippen LogP contribution in [-0.4, -0.2) is 25.3 Å². The van der Waals surface area contributed by atoms with E-state index in [1.54, 1.807) is 20.3 Å². The fraction of sp³-hybridized carbons (Fsp3) is 0.364. The van der Waals surface area contributed by atoms with E-state index in [2.05, 4.69) is 15.9 Å². The SMILES string of the molecule is COCc1cc(COC)c(Br)c(C(=O)O)c1. The monoisotopic (exact) mass is 288 g/mol. The summed E-state index contributed by atoms with van der Waals surface area (Å²) in [6.45, 7) is 0.739. The quantitative estimate of drug-likeness (QED) is 0.904. The number of aromatic carboxylic acids is 1. The third-order valence-electron chi connectivity index (χ3n) is 2.05. The van der Waals surface area contributed by atoms with Crippen LogP contribution >= 0.6 is 15.9 Å². The van der Waals surface area contributed by atoms with E-state index in [0.29, 0.717) is 17.7 Å². The number of benzene rings is 1. The second-order valence-electron chi connectivity index (χ2n) is 3.29. The molecule has 0 saturated heterocycles. The third-order valence-corrected chi connectivity index (χ3v) is 2.99. The van der Waals surface area contributed by atoms with E-state index in [4.69, 9.17) is 14.6 Å². The molecule has 0 radical (unpaired) electrons. The van der Waals surface area contributed by atoms with Crippen molar-refractivity contribution in [2.45, 2.75) is 13.2 Å². The van der Waals surface area contributed by atoms with Crippen LogP contribution in [0.15, 0.2) is 16.6 Å². The van der Waals surface area contributed by atoms with Crippen LogP contribution in [0.3, 0.4) is 0 Å². The maximum Gasteiger partial charge on any atom is 0.336 e. The van der Waals surface area contributed by atoms with Crippen molar-refractivity contribution in [1.82, 2.24) is 0 Å². The Hall–Kier alpha value is -0.910. The van der Waals surface area contributed by atoms with Gasteiger partial charge in [0.1, 0.15) is 0 Å². The molecule has 0 atom stereocenters. The van der Waals surface area contributed by atoms with Gasteiger partial charge in [-0.25, -0.2) is 4.79 Å². The first-order chi connectivity index (χ1) is 7.60. The molecule has 1 N–H and O–H groups in total. The highest BCUT2D eigenvalue weighted by Gasteiger charge is 2.14. The molecule has 4 nitrogen and oxygen atoms in total. The number of carboxylic acids is 1. The zero-order valence-electron chi connectivity index (χ0n) is 9.12. The van der Waals surface area contributed by atoms with Gasteiger partial charge in [-0.15, -0.1) is 0 Å². The molecule has 0 aromatic heterocycles. The van der Waals surface area contributed by atoms with Crippen molar-refractivity contribution < 1.29 is 19.4 Å². The Morgan fingerprint density at radius 3 is 2.44 bits per heavy atom.